The number of fused-ring (bicyclic) bond motifs is 3. The van der Waals surface area contributed by atoms with Gasteiger partial charge in [-0.2, -0.15) is 0 Å². The molecular weight excluding hydrogens is 246 g/mol. The van der Waals surface area contributed by atoms with Crippen molar-refractivity contribution >= 4 is 5.82 Å². The number of nitrogens with zero attached hydrogens (tertiary/aromatic N) is 3. The first-order valence-electron chi connectivity index (χ1n) is 6.85. The normalized spacial score (nSPS) is 28.4. The second-order valence-electron chi connectivity index (χ2n) is 5.23. The molecule has 2 fully saturated rings. The Morgan fingerprint density at radius 1 is 1.16 bits per heavy atom. The molecule has 2 saturated heterocycles. The fourth-order valence-electron chi connectivity index (χ4n) is 3.25. The number of ether oxygens (including phenoxy) is 3. The summed E-state index contributed by atoms with van der Waals surface area (Å²) in [7, 11) is 0. The van der Waals surface area contributed by atoms with Gasteiger partial charge in [-0.05, 0) is 0 Å². The van der Waals surface area contributed by atoms with Crippen LogP contribution in [0.3, 0.4) is 0 Å². The van der Waals surface area contributed by atoms with Gasteiger partial charge in [-0.25, -0.2) is 9.97 Å². The zero-order valence-electron chi connectivity index (χ0n) is 10.7. The summed E-state index contributed by atoms with van der Waals surface area (Å²) in [6, 6.07) is 0.352. The number of piperidine rings is 1. The molecule has 0 aliphatic carbocycles. The van der Waals surface area contributed by atoms with Gasteiger partial charge in [0.05, 0.1) is 19.8 Å². The molecule has 6 heteroatoms. The minimum absolute atomic E-state index is 0.352. The SMILES string of the molecule is c1cnc2c(n1)OCC[C@H]1CC3(CCN21)OCCO3. The van der Waals surface area contributed by atoms with Crippen LogP contribution in [0.25, 0.3) is 0 Å². The standard InChI is InChI=1S/C13H17N3O3/c1-6-17-12-11(14-3-4-15-12)16-5-2-13(9-10(1)16)18-7-8-19-13/h3-4,10H,1-2,5-9H2/t10-/m0/s1. The molecule has 3 aliphatic rings. The number of aromatic nitrogens is 2. The fourth-order valence-corrected chi connectivity index (χ4v) is 3.25. The van der Waals surface area contributed by atoms with E-state index < -0.39 is 0 Å². The zero-order valence-corrected chi connectivity index (χ0v) is 10.7. The molecule has 0 N–H and O–H groups in total. The Labute approximate surface area is 111 Å². The summed E-state index contributed by atoms with van der Waals surface area (Å²) in [5.41, 5.74) is 0. The van der Waals surface area contributed by atoms with Crippen molar-refractivity contribution in [3.8, 4) is 5.88 Å². The van der Waals surface area contributed by atoms with Crippen LogP contribution in [0.5, 0.6) is 5.88 Å². The van der Waals surface area contributed by atoms with Gasteiger partial charge in [0, 0.05) is 44.2 Å². The van der Waals surface area contributed by atoms with Gasteiger partial charge in [-0.1, -0.05) is 0 Å². The summed E-state index contributed by atoms with van der Waals surface area (Å²) >= 11 is 0. The van der Waals surface area contributed by atoms with Crippen molar-refractivity contribution in [2.75, 3.05) is 31.3 Å². The van der Waals surface area contributed by atoms with Crippen LogP contribution in [0.2, 0.25) is 0 Å². The van der Waals surface area contributed by atoms with E-state index in [1.165, 1.54) is 0 Å². The van der Waals surface area contributed by atoms with Crippen molar-refractivity contribution in [1.29, 1.82) is 0 Å². The van der Waals surface area contributed by atoms with Gasteiger partial charge in [0.15, 0.2) is 11.6 Å². The molecule has 6 nitrogen and oxygen atoms in total. The van der Waals surface area contributed by atoms with E-state index in [4.69, 9.17) is 14.2 Å². The number of anilines is 1. The number of hydrogen-bond acceptors (Lipinski definition) is 6. The fraction of sp³-hybridized carbons (Fsp3) is 0.692. The van der Waals surface area contributed by atoms with Crippen molar-refractivity contribution in [1.82, 2.24) is 9.97 Å². The van der Waals surface area contributed by atoms with Crippen LogP contribution >= 0.6 is 0 Å². The second kappa shape index (κ2) is 4.31. The average Bonchev–Trinajstić information content (AvgIpc) is 2.80. The molecule has 1 aromatic rings. The third-order valence-corrected chi connectivity index (χ3v) is 4.14. The average molecular weight is 263 g/mol. The van der Waals surface area contributed by atoms with Crippen molar-refractivity contribution in [3.63, 3.8) is 0 Å². The van der Waals surface area contributed by atoms with Crippen LogP contribution in [-0.4, -0.2) is 48.2 Å². The molecule has 0 aromatic carbocycles. The Morgan fingerprint density at radius 3 is 2.89 bits per heavy atom. The summed E-state index contributed by atoms with van der Waals surface area (Å²) in [4.78, 5) is 11.0. The van der Waals surface area contributed by atoms with Crippen LogP contribution in [0.15, 0.2) is 12.4 Å². The Balaban J connectivity index is 1.64. The molecule has 1 atom stereocenters. The lowest BCUT2D eigenvalue weighted by Crippen LogP contribution is -2.51. The summed E-state index contributed by atoms with van der Waals surface area (Å²) in [5.74, 6) is 1.14. The van der Waals surface area contributed by atoms with Gasteiger partial charge in [-0.15, -0.1) is 0 Å². The Morgan fingerprint density at radius 2 is 2.00 bits per heavy atom. The Kier molecular flexibility index (Phi) is 2.60. The van der Waals surface area contributed by atoms with E-state index in [0.29, 0.717) is 31.7 Å². The molecule has 1 aromatic heterocycles. The second-order valence-corrected chi connectivity index (χ2v) is 5.23. The van der Waals surface area contributed by atoms with Crippen LogP contribution in [0.1, 0.15) is 19.3 Å². The molecule has 19 heavy (non-hydrogen) atoms. The van der Waals surface area contributed by atoms with Gasteiger partial charge in [0.1, 0.15) is 0 Å². The van der Waals surface area contributed by atoms with E-state index in [0.717, 1.165) is 31.6 Å². The maximum Gasteiger partial charge on any atom is 0.257 e. The maximum atomic E-state index is 5.83. The first-order valence-corrected chi connectivity index (χ1v) is 6.85. The van der Waals surface area contributed by atoms with Crippen LogP contribution in [-0.2, 0) is 9.47 Å². The molecule has 0 unspecified atom stereocenters. The van der Waals surface area contributed by atoms with E-state index in [1.807, 2.05) is 0 Å². The Bertz CT molecular complexity index is 476. The smallest absolute Gasteiger partial charge is 0.257 e. The van der Waals surface area contributed by atoms with Crippen LogP contribution < -0.4 is 9.64 Å². The third kappa shape index (κ3) is 1.86. The number of hydrogen-bond donors (Lipinski definition) is 0. The van der Waals surface area contributed by atoms with E-state index >= 15 is 0 Å². The topological polar surface area (TPSA) is 56.7 Å². The highest BCUT2D eigenvalue weighted by Gasteiger charge is 2.45. The summed E-state index contributed by atoms with van der Waals surface area (Å²) in [6.07, 6.45) is 6.10. The highest BCUT2D eigenvalue weighted by Crippen LogP contribution is 2.40. The zero-order chi connectivity index (χ0) is 12.7. The first-order chi connectivity index (χ1) is 9.36. The van der Waals surface area contributed by atoms with E-state index in [-0.39, 0.29) is 5.79 Å². The van der Waals surface area contributed by atoms with Gasteiger partial charge in [0.25, 0.3) is 5.88 Å². The molecule has 0 saturated carbocycles. The predicted octanol–water partition coefficient (Wildman–Crippen LogP) is 0.971. The Hall–Kier alpha value is -1.40. The van der Waals surface area contributed by atoms with E-state index in [2.05, 4.69) is 14.9 Å². The van der Waals surface area contributed by atoms with Gasteiger partial charge < -0.3 is 19.1 Å². The molecule has 0 bridgehead atoms. The largest absolute Gasteiger partial charge is 0.475 e. The van der Waals surface area contributed by atoms with Gasteiger partial charge in [0.2, 0.25) is 0 Å². The molecule has 102 valence electrons. The van der Waals surface area contributed by atoms with Crippen molar-refractivity contribution in [3.05, 3.63) is 12.4 Å². The van der Waals surface area contributed by atoms with Gasteiger partial charge >= 0.3 is 0 Å². The summed E-state index contributed by atoms with van der Waals surface area (Å²) in [6.45, 7) is 2.96. The predicted molar refractivity (Wildman–Crippen MR) is 67.1 cm³/mol. The summed E-state index contributed by atoms with van der Waals surface area (Å²) in [5, 5.41) is 0. The third-order valence-electron chi connectivity index (χ3n) is 4.14. The lowest BCUT2D eigenvalue weighted by atomic mass is 9.94. The van der Waals surface area contributed by atoms with Crippen molar-refractivity contribution in [2.24, 2.45) is 0 Å². The van der Waals surface area contributed by atoms with E-state index in [1.54, 1.807) is 12.4 Å². The molecular formula is C13H17N3O3. The molecule has 4 rings (SSSR count). The molecule has 3 aliphatic heterocycles. The minimum Gasteiger partial charge on any atom is -0.475 e. The lowest BCUT2D eigenvalue weighted by Gasteiger charge is -2.43. The van der Waals surface area contributed by atoms with Crippen molar-refractivity contribution in [2.45, 2.75) is 31.1 Å². The molecule has 4 heterocycles. The quantitative estimate of drug-likeness (QED) is 0.695. The van der Waals surface area contributed by atoms with Gasteiger partial charge in [-0.3, -0.25) is 0 Å². The van der Waals surface area contributed by atoms with Crippen LogP contribution in [0.4, 0.5) is 5.82 Å². The van der Waals surface area contributed by atoms with E-state index in [9.17, 15) is 0 Å². The van der Waals surface area contributed by atoms with Crippen LogP contribution in [0, 0.1) is 0 Å². The number of rotatable bonds is 0. The summed E-state index contributed by atoms with van der Waals surface area (Å²) < 4.78 is 17.4. The minimum atomic E-state index is -0.367. The molecule has 0 amide bonds. The monoisotopic (exact) mass is 263 g/mol. The highest BCUT2D eigenvalue weighted by molar-refractivity contribution is 5.50. The van der Waals surface area contributed by atoms with Crippen molar-refractivity contribution < 1.29 is 14.2 Å². The molecule has 1 spiro atoms. The maximum absolute atomic E-state index is 5.83. The molecule has 0 radical (unpaired) electrons. The highest BCUT2D eigenvalue weighted by atomic mass is 16.7. The lowest BCUT2D eigenvalue weighted by molar-refractivity contribution is -0.176. The first kappa shape index (κ1) is 11.4.